The summed E-state index contributed by atoms with van der Waals surface area (Å²) in [5.74, 6) is 2.97. The molecule has 0 saturated heterocycles. The molecular weight excluding hydrogens is 236 g/mol. The van der Waals surface area contributed by atoms with Crippen molar-refractivity contribution in [3.05, 3.63) is 0 Å². The first-order valence-electron chi connectivity index (χ1n) is 7.71. The van der Waals surface area contributed by atoms with Crippen LogP contribution in [-0.2, 0) is 4.79 Å². The monoisotopic (exact) mass is 260 g/mol. The van der Waals surface area contributed by atoms with Gasteiger partial charge in [-0.05, 0) is 61.7 Å². The zero-order valence-corrected chi connectivity index (χ0v) is 11.9. The minimum atomic E-state index is 0.150. The van der Waals surface area contributed by atoms with E-state index in [0.717, 1.165) is 24.3 Å². The molecule has 104 valence electrons. The first-order valence-corrected chi connectivity index (χ1v) is 7.71. The average molecular weight is 260 g/mol. The summed E-state index contributed by atoms with van der Waals surface area (Å²) in [6.45, 7) is 0.931. The van der Waals surface area contributed by atoms with Gasteiger partial charge < -0.3 is 4.90 Å². The van der Waals surface area contributed by atoms with Crippen molar-refractivity contribution in [3.8, 4) is 6.07 Å². The second-order valence-electron chi connectivity index (χ2n) is 7.33. The van der Waals surface area contributed by atoms with Gasteiger partial charge in [0.2, 0.25) is 5.91 Å². The second kappa shape index (κ2) is 4.81. The molecule has 0 aromatic heterocycles. The van der Waals surface area contributed by atoms with Crippen molar-refractivity contribution < 1.29 is 4.79 Å². The maximum atomic E-state index is 12.0. The molecule has 3 heteroatoms. The van der Waals surface area contributed by atoms with Gasteiger partial charge in [0.15, 0.2) is 0 Å². The third-order valence-electron chi connectivity index (χ3n) is 5.61. The van der Waals surface area contributed by atoms with Crippen molar-refractivity contribution >= 4 is 5.91 Å². The molecule has 0 N–H and O–H groups in total. The van der Waals surface area contributed by atoms with E-state index in [1.807, 2.05) is 11.9 Å². The third kappa shape index (κ3) is 2.50. The molecule has 0 aromatic rings. The van der Waals surface area contributed by atoms with Gasteiger partial charge in [0.25, 0.3) is 0 Å². The lowest BCUT2D eigenvalue weighted by molar-refractivity contribution is -0.135. The summed E-state index contributed by atoms with van der Waals surface area (Å²) in [7, 11) is 1.93. The molecule has 4 bridgehead atoms. The van der Waals surface area contributed by atoms with Crippen molar-refractivity contribution in [2.24, 2.45) is 23.2 Å². The van der Waals surface area contributed by atoms with E-state index in [4.69, 9.17) is 5.26 Å². The van der Waals surface area contributed by atoms with E-state index >= 15 is 0 Å². The first-order chi connectivity index (χ1) is 9.10. The van der Waals surface area contributed by atoms with Crippen LogP contribution < -0.4 is 0 Å². The largest absolute Gasteiger partial charge is 0.345 e. The van der Waals surface area contributed by atoms with Crippen LogP contribution in [0.2, 0.25) is 0 Å². The second-order valence-corrected chi connectivity index (χ2v) is 7.33. The van der Waals surface area contributed by atoms with Crippen LogP contribution in [0.5, 0.6) is 0 Å². The van der Waals surface area contributed by atoms with Gasteiger partial charge in [-0.1, -0.05) is 0 Å². The van der Waals surface area contributed by atoms with Gasteiger partial charge in [0.05, 0.1) is 6.07 Å². The van der Waals surface area contributed by atoms with Gasteiger partial charge in [-0.3, -0.25) is 4.79 Å². The van der Waals surface area contributed by atoms with E-state index in [1.54, 1.807) is 0 Å². The van der Waals surface area contributed by atoms with E-state index in [-0.39, 0.29) is 5.91 Å². The van der Waals surface area contributed by atoms with Gasteiger partial charge in [-0.15, -0.1) is 0 Å². The Kier molecular flexibility index (Phi) is 3.28. The smallest absolute Gasteiger partial charge is 0.223 e. The number of hydrogen-bond acceptors (Lipinski definition) is 2. The van der Waals surface area contributed by atoms with Crippen LogP contribution in [0.3, 0.4) is 0 Å². The van der Waals surface area contributed by atoms with Crippen molar-refractivity contribution in [3.63, 3.8) is 0 Å². The number of carbonyl (C=O) groups excluding carboxylic acids is 1. The summed E-state index contributed by atoms with van der Waals surface area (Å²) < 4.78 is 0. The molecule has 0 aliphatic heterocycles. The number of carbonyl (C=O) groups is 1. The van der Waals surface area contributed by atoms with E-state index in [9.17, 15) is 4.79 Å². The molecule has 0 spiro atoms. The predicted molar refractivity (Wildman–Crippen MR) is 73.1 cm³/mol. The van der Waals surface area contributed by atoms with Crippen LogP contribution in [0.1, 0.15) is 51.4 Å². The predicted octanol–water partition coefficient (Wildman–Crippen LogP) is 2.96. The van der Waals surface area contributed by atoms with Crippen LogP contribution in [-0.4, -0.2) is 24.4 Å². The Morgan fingerprint density at radius 2 is 1.74 bits per heavy atom. The highest BCUT2D eigenvalue weighted by Crippen LogP contribution is 2.60. The minimum absolute atomic E-state index is 0.150. The van der Waals surface area contributed by atoms with Gasteiger partial charge in [-0.2, -0.15) is 5.26 Å². The summed E-state index contributed by atoms with van der Waals surface area (Å²) in [6, 6.07) is 2.07. The summed E-state index contributed by atoms with van der Waals surface area (Å²) in [5, 5.41) is 8.58. The highest BCUT2D eigenvalue weighted by atomic mass is 16.2. The zero-order valence-electron chi connectivity index (χ0n) is 11.9. The third-order valence-corrected chi connectivity index (χ3v) is 5.61. The van der Waals surface area contributed by atoms with E-state index < -0.39 is 0 Å². The Labute approximate surface area is 116 Å². The maximum Gasteiger partial charge on any atom is 0.223 e. The summed E-state index contributed by atoms with van der Waals surface area (Å²) >= 11 is 0. The van der Waals surface area contributed by atoms with E-state index in [0.29, 0.717) is 18.3 Å². The lowest BCUT2D eigenvalue weighted by atomic mass is 9.49. The van der Waals surface area contributed by atoms with Crippen LogP contribution in [0.25, 0.3) is 0 Å². The van der Waals surface area contributed by atoms with Gasteiger partial charge in [0, 0.05) is 26.4 Å². The molecule has 4 fully saturated rings. The molecule has 0 radical (unpaired) electrons. The van der Waals surface area contributed by atoms with Crippen LogP contribution in [0.15, 0.2) is 0 Å². The Balaban J connectivity index is 1.63. The van der Waals surface area contributed by atoms with Gasteiger partial charge in [0.1, 0.15) is 0 Å². The fourth-order valence-electron chi connectivity index (χ4n) is 5.43. The van der Waals surface area contributed by atoms with Crippen molar-refractivity contribution in [1.29, 1.82) is 5.26 Å². The summed E-state index contributed by atoms with van der Waals surface area (Å²) in [4.78, 5) is 13.9. The Morgan fingerprint density at radius 1 is 1.21 bits per heavy atom. The molecule has 0 aromatic carbocycles. The standard InChI is InChI=1S/C16H24N2O/c1-18(15(19)3-2-4-17)11-16-8-12-5-13(9-16)7-14(6-12)10-16/h12-14H,2-3,5-11H2,1H3. The summed E-state index contributed by atoms with van der Waals surface area (Å²) in [6.07, 6.45) is 9.12. The normalized spacial score (nSPS) is 39.1. The summed E-state index contributed by atoms with van der Waals surface area (Å²) in [5.41, 5.74) is 0.422. The van der Waals surface area contributed by atoms with Crippen molar-refractivity contribution in [1.82, 2.24) is 4.90 Å². The molecule has 0 heterocycles. The maximum absolute atomic E-state index is 12.0. The number of rotatable bonds is 4. The van der Waals surface area contributed by atoms with Gasteiger partial charge >= 0.3 is 0 Å². The number of hydrogen-bond donors (Lipinski definition) is 0. The van der Waals surface area contributed by atoms with Gasteiger partial charge in [-0.25, -0.2) is 0 Å². The average Bonchev–Trinajstić information content (AvgIpc) is 2.33. The zero-order chi connectivity index (χ0) is 13.5. The SMILES string of the molecule is CN(CC12CC3CC(CC(C3)C1)C2)C(=O)CCC#N. The lowest BCUT2D eigenvalue weighted by Gasteiger charge is -2.57. The molecule has 0 unspecified atom stereocenters. The Morgan fingerprint density at radius 3 is 2.21 bits per heavy atom. The van der Waals surface area contributed by atoms with Crippen LogP contribution in [0, 0.1) is 34.5 Å². The van der Waals surface area contributed by atoms with Crippen LogP contribution >= 0.6 is 0 Å². The van der Waals surface area contributed by atoms with Crippen LogP contribution in [0.4, 0.5) is 0 Å². The van der Waals surface area contributed by atoms with E-state index in [2.05, 4.69) is 6.07 Å². The highest BCUT2D eigenvalue weighted by Gasteiger charge is 2.51. The molecule has 4 rings (SSSR count). The fraction of sp³-hybridized carbons (Fsp3) is 0.875. The molecule has 1 amide bonds. The molecule has 3 nitrogen and oxygen atoms in total. The van der Waals surface area contributed by atoms with E-state index in [1.165, 1.54) is 38.5 Å². The molecule has 4 aliphatic carbocycles. The fourth-order valence-corrected chi connectivity index (χ4v) is 5.43. The highest BCUT2D eigenvalue weighted by molar-refractivity contribution is 5.76. The molecule has 4 aliphatic rings. The molecule has 4 saturated carbocycles. The number of nitriles is 1. The Bertz CT molecular complexity index is 374. The molecule has 0 atom stereocenters. The lowest BCUT2D eigenvalue weighted by Crippen LogP contribution is -2.51. The topological polar surface area (TPSA) is 44.1 Å². The van der Waals surface area contributed by atoms with Crippen molar-refractivity contribution in [2.45, 2.75) is 51.4 Å². The minimum Gasteiger partial charge on any atom is -0.345 e. The molecular formula is C16H24N2O. The number of amides is 1. The van der Waals surface area contributed by atoms with Crippen molar-refractivity contribution in [2.75, 3.05) is 13.6 Å². The molecule has 19 heavy (non-hydrogen) atoms. The quantitative estimate of drug-likeness (QED) is 0.780. The number of nitrogens with zero attached hydrogens (tertiary/aromatic N) is 2. The first kappa shape index (κ1) is 13.0. The Hall–Kier alpha value is -1.04.